The summed E-state index contributed by atoms with van der Waals surface area (Å²) >= 11 is 0. The van der Waals surface area contributed by atoms with Crippen LogP contribution in [0.5, 0.6) is 0 Å². The van der Waals surface area contributed by atoms with Crippen LogP contribution in [0.25, 0.3) is 0 Å². The highest BCUT2D eigenvalue weighted by Crippen LogP contribution is 2.20. The van der Waals surface area contributed by atoms with Gasteiger partial charge in [0.05, 0.1) is 6.07 Å². The van der Waals surface area contributed by atoms with E-state index in [1.54, 1.807) is 0 Å². The van der Waals surface area contributed by atoms with E-state index in [0.717, 1.165) is 12.8 Å². The second kappa shape index (κ2) is 4.11. The van der Waals surface area contributed by atoms with E-state index in [4.69, 9.17) is 5.26 Å². The normalized spacial score (nSPS) is 24.1. The highest BCUT2D eigenvalue weighted by molar-refractivity contribution is 4.93. The zero-order chi connectivity index (χ0) is 7.23. The van der Waals surface area contributed by atoms with Gasteiger partial charge in [-0.15, -0.1) is 0 Å². The SMILES string of the molecule is N#CCCC1C=CCCC1. The first-order chi connectivity index (χ1) is 4.93. The molecule has 0 spiro atoms. The first-order valence-electron chi connectivity index (χ1n) is 3.97. The van der Waals surface area contributed by atoms with E-state index >= 15 is 0 Å². The molecule has 0 aromatic rings. The summed E-state index contributed by atoms with van der Waals surface area (Å²) in [5.41, 5.74) is 0. The number of hydrogen-bond acceptors (Lipinski definition) is 1. The van der Waals surface area contributed by atoms with Crippen LogP contribution >= 0.6 is 0 Å². The molecular formula is C9H13N. The van der Waals surface area contributed by atoms with Crippen molar-refractivity contribution < 1.29 is 0 Å². The smallest absolute Gasteiger partial charge is 0.0621 e. The van der Waals surface area contributed by atoms with Crippen molar-refractivity contribution in [2.24, 2.45) is 5.92 Å². The van der Waals surface area contributed by atoms with Crippen molar-refractivity contribution in [1.82, 2.24) is 0 Å². The van der Waals surface area contributed by atoms with Crippen LogP contribution in [0.2, 0.25) is 0 Å². The Morgan fingerprint density at radius 3 is 3.10 bits per heavy atom. The Kier molecular flexibility index (Phi) is 3.02. The lowest BCUT2D eigenvalue weighted by Gasteiger charge is -2.13. The Bertz CT molecular complexity index is 153. The lowest BCUT2D eigenvalue weighted by molar-refractivity contribution is 0.511. The third-order valence-electron chi connectivity index (χ3n) is 1.98. The molecule has 1 rings (SSSR count). The molecule has 1 atom stereocenters. The minimum atomic E-state index is 0.702. The Labute approximate surface area is 62.4 Å². The van der Waals surface area contributed by atoms with E-state index in [0.29, 0.717) is 5.92 Å². The third kappa shape index (κ3) is 2.23. The molecule has 1 unspecified atom stereocenters. The summed E-state index contributed by atoms with van der Waals surface area (Å²) in [7, 11) is 0. The lowest BCUT2D eigenvalue weighted by Crippen LogP contribution is -1.99. The van der Waals surface area contributed by atoms with Crippen molar-refractivity contribution >= 4 is 0 Å². The van der Waals surface area contributed by atoms with E-state index in [9.17, 15) is 0 Å². The molecule has 0 aromatic heterocycles. The van der Waals surface area contributed by atoms with E-state index in [2.05, 4.69) is 18.2 Å². The predicted molar refractivity (Wildman–Crippen MR) is 41.3 cm³/mol. The third-order valence-corrected chi connectivity index (χ3v) is 1.98. The standard InChI is InChI=1S/C9H13N/c10-8-4-7-9-5-2-1-3-6-9/h2,5,9H,1,3-4,6-7H2. The van der Waals surface area contributed by atoms with Crippen LogP contribution in [0.15, 0.2) is 12.2 Å². The minimum Gasteiger partial charge on any atom is -0.198 e. The molecular weight excluding hydrogens is 122 g/mol. The fourth-order valence-corrected chi connectivity index (χ4v) is 1.37. The van der Waals surface area contributed by atoms with E-state index in [-0.39, 0.29) is 0 Å². The largest absolute Gasteiger partial charge is 0.198 e. The van der Waals surface area contributed by atoms with Gasteiger partial charge in [0.15, 0.2) is 0 Å². The summed E-state index contributed by atoms with van der Waals surface area (Å²) in [5.74, 6) is 0.702. The van der Waals surface area contributed by atoms with Crippen molar-refractivity contribution in [3.05, 3.63) is 12.2 Å². The highest BCUT2D eigenvalue weighted by atomic mass is 14.2. The van der Waals surface area contributed by atoms with Crippen LogP contribution in [0.3, 0.4) is 0 Å². The van der Waals surface area contributed by atoms with Gasteiger partial charge in [-0.3, -0.25) is 0 Å². The van der Waals surface area contributed by atoms with Crippen molar-refractivity contribution in [3.8, 4) is 6.07 Å². The molecule has 54 valence electrons. The van der Waals surface area contributed by atoms with Crippen molar-refractivity contribution in [2.45, 2.75) is 32.1 Å². The van der Waals surface area contributed by atoms with Gasteiger partial charge in [0, 0.05) is 6.42 Å². The molecule has 0 saturated carbocycles. The summed E-state index contributed by atoms with van der Waals surface area (Å²) in [4.78, 5) is 0. The highest BCUT2D eigenvalue weighted by Gasteiger charge is 2.06. The van der Waals surface area contributed by atoms with Crippen LogP contribution in [0.4, 0.5) is 0 Å². The molecule has 0 aliphatic heterocycles. The lowest BCUT2D eigenvalue weighted by atomic mass is 9.92. The number of hydrogen-bond donors (Lipinski definition) is 0. The summed E-state index contributed by atoms with van der Waals surface area (Å²) in [6.07, 6.45) is 10.1. The number of nitriles is 1. The van der Waals surface area contributed by atoms with Crippen molar-refractivity contribution in [2.75, 3.05) is 0 Å². The summed E-state index contributed by atoms with van der Waals surface area (Å²) in [6, 6.07) is 2.18. The average molecular weight is 135 g/mol. The zero-order valence-corrected chi connectivity index (χ0v) is 6.21. The molecule has 0 fully saturated rings. The number of allylic oxidation sites excluding steroid dienone is 2. The molecule has 1 heteroatoms. The van der Waals surface area contributed by atoms with Crippen molar-refractivity contribution in [1.29, 1.82) is 5.26 Å². The van der Waals surface area contributed by atoms with Crippen LogP contribution in [-0.4, -0.2) is 0 Å². The molecule has 1 aliphatic carbocycles. The maximum absolute atomic E-state index is 8.32. The molecule has 0 aromatic carbocycles. The Morgan fingerprint density at radius 1 is 1.60 bits per heavy atom. The van der Waals surface area contributed by atoms with Crippen LogP contribution in [0.1, 0.15) is 32.1 Å². The van der Waals surface area contributed by atoms with E-state index in [1.807, 2.05) is 0 Å². The fourth-order valence-electron chi connectivity index (χ4n) is 1.37. The molecule has 1 aliphatic rings. The van der Waals surface area contributed by atoms with Crippen LogP contribution < -0.4 is 0 Å². The predicted octanol–water partition coefficient (Wildman–Crippen LogP) is 2.65. The molecule has 0 saturated heterocycles. The monoisotopic (exact) mass is 135 g/mol. The van der Waals surface area contributed by atoms with Gasteiger partial charge in [0.1, 0.15) is 0 Å². The molecule has 0 N–H and O–H groups in total. The van der Waals surface area contributed by atoms with Gasteiger partial charge < -0.3 is 0 Å². The fraction of sp³-hybridized carbons (Fsp3) is 0.667. The summed E-state index contributed by atoms with van der Waals surface area (Å²) in [6.45, 7) is 0. The van der Waals surface area contributed by atoms with Gasteiger partial charge in [0.2, 0.25) is 0 Å². The Hall–Kier alpha value is -0.770. The Balaban J connectivity index is 2.21. The maximum atomic E-state index is 8.32. The molecule has 1 nitrogen and oxygen atoms in total. The summed E-state index contributed by atoms with van der Waals surface area (Å²) < 4.78 is 0. The quantitative estimate of drug-likeness (QED) is 0.534. The molecule has 0 radical (unpaired) electrons. The average Bonchev–Trinajstić information content (AvgIpc) is 2.03. The van der Waals surface area contributed by atoms with E-state index < -0.39 is 0 Å². The molecule has 0 amide bonds. The van der Waals surface area contributed by atoms with Gasteiger partial charge >= 0.3 is 0 Å². The van der Waals surface area contributed by atoms with Crippen molar-refractivity contribution in [3.63, 3.8) is 0 Å². The van der Waals surface area contributed by atoms with Crippen LogP contribution in [-0.2, 0) is 0 Å². The second-order valence-electron chi connectivity index (χ2n) is 2.82. The van der Waals surface area contributed by atoms with Crippen LogP contribution in [0, 0.1) is 17.2 Å². The van der Waals surface area contributed by atoms with Gasteiger partial charge in [-0.25, -0.2) is 0 Å². The number of rotatable bonds is 2. The van der Waals surface area contributed by atoms with Gasteiger partial charge in [-0.05, 0) is 31.6 Å². The van der Waals surface area contributed by atoms with Gasteiger partial charge in [0.25, 0.3) is 0 Å². The first kappa shape index (κ1) is 7.34. The Morgan fingerprint density at radius 2 is 2.50 bits per heavy atom. The van der Waals surface area contributed by atoms with Gasteiger partial charge in [-0.1, -0.05) is 12.2 Å². The minimum absolute atomic E-state index is 0.702. The maximum Gasteiger partial charge on any atom is 0.0621 e. The second-order valence-corrected chi connectivity index (χ2v) is 2.82. The zero-order valence-electron chi connectivity index (χ0n) is 6.21. The molecule has 10 heavy (non-hydrogen) atoms. The first-order valence-corrected chi connectivity index (χ1v) is 3.97. The number of nitrogens with zero attached hydrogens (tertiary/aromatic N) is 1. The summed E-state index contributed by atoms with van der Waals surface area (Å²) in [5, 5.41) is 8.32. The van der Waals surface area contributed by atoms with Gasteiger partial charge in [-0.2, -0.15) is 5.26 Å². The molecule has 0 heterocycles. The topological polar surface area (TPSA) is 23.8 Å². The van der Waals surface area contributed by atoms with E-state index in [1.165, 1.54) is 19.3 Å². The molecule has 0 bridgehead atoms.